The number of H-pyrrole nitrogens is 1. The first-order valence-corrected chi connectivity index (χ1v) is 12.8. The van der Waals surface area contributed by atoms with E-state index in [1.165, 1.54) is 23.1 Å². The molecule has 9 heteroatoms. The number of hydrogen-bond acceptors (Lipinski definition) is 6. The second-order valence-corrected chi connectivity index (χ2v) is 10.1. The summed E-state index contributed by atoms with van der Waals surface area (Å²) in [6, 6.07) is 15.9. The number of rotatable bonds is 4. The normalized spacial score (nSPS) is 16.0. The van der Waals surface area contributed by atoms with Crippen molar-refractivity contribution in [2.24, 2.45) is 0 Å². The van der Waals surface area contributed by atoms with E-state index in [1.807, 2.05) is 47.5 Å². The third-order valence-electron chi connectivity index (χ3n) is 6.96. The van der Waals surface area contributed by atoms with Gasteiger partial charge in [0.25, 0.3) is 11.5 Å². The molecule has 2 aromatic carbocycles. The van der Waals surface area contributed by atoms with E-state index in [1.54, 1.807) is 10.5 Å². The van der Waals surface area contributed by atoms with Gasteiger partial charge in [-0.2, -0.15) is 0 Å². The first-order chi connectivity index (χ1) is 17.5. The smallest absolute Gasteiger partial charge is 0.294 e. The van der Waals surface area contributed by atoms with Crippen molar-refractivity contribution in [2.75, 3.05) is 13.1 Å². The Morgan fingerprint density at radius 1 is 1.19 bits per heavy atom. The molecule has 1 atom stereocenters. The van der Waals surface area contributed by atoms with E-state index in [2.05, 4.69) is 27.3 Å². The Labute approximate surface area is 210 Å². The van der Waals surface area contributed by atoms with Crippen molar-refractivity contribution < 1.29 is 4.79 Å². The number of nitrogens with zero attached hydrogens (tertiary/aromatic N) is 4. The van der Waals surface area contributed by atoms with Crippen LogP contribution >= 0.6 is 11.3 Å². The summed E-state index contributed by atoms with van der Waals surface area (Å²) >= 11 is 1.44. The molecule has 0 spiro atoms. The number of amides is 1. The minimum Gasteiger partial charge on any atom is -0.338 e. The van der Waals surface area contributed by atoms with Gasteiger partial charge in [0.1, 0.15) is 0 Å². The van der Waals surface area contributed by atoms with Crippen LogP contribution in [-0.2, 0) is 0 Å². The molecule has 0 bridgehead atoms. The first-order valence-electron chi connectivity index (χ1n) is 11.9. The van der Waals surface area contributed by atoms with Crippen LogP contribution in [0.4, 0.5) is 0 Å². The second-order valence-electron chi connectivity index (χ2n) is 9.17. The van der Waals surface area contributed by atoms with E-state index in [0.717, 1.165) is 29.8 Å². The van der Waals surface area contributed by atoms with Crippen molar-refractivity contribution in [1.82, 2.24) is 24.5 Å². The lowest BCUT2D eigenvalue weighted by Crippen LogP contribution is -2.39. The Hall–Kier alpha value is -4.11. The minimum absolute atomic E-state index is 0.0238. The molecule has 0 radical (unpaired) electrons. The molecule has 8 nitrogen and oxygen atoms in total. The molecule has 3 aromatic heterocycles. The SMILES string of the molecule is Cc1cc2c(cc1C(=O)N1CCCC(c3ccccc3)C1)[nH]c(=O)c1nnc(-c3sccc3C=N)n12. The lowest BCUT2D eigenvalue weighted by molar-refractivity contribution is 0.0706. The van der Waals surface area contributed by atoms with Crippen molar-refractivity contribution in [2.45, 2.75) is 25.7 Å². The van der Waals surface area contributed by atoms with E-state index in [-0.39, 0.29) is 17.1 Å². The van der Waals surface area contributed by atoms with Crippen molar-refractivity contribution >= 4 is 40.1 Å². The fraction of sp³-hybridized carbons (Fsp3) is 0.222. The Balaban J connectivity index is 1.43. The molecule has 2 N–H and O–H groups in total. The Morgan fingerprint density at radius 3 is 2.83 bits per heavy atom. The van der Waals surface area contributed by atoms with Crippen LogP contribution in [0.5, 0.6) is 0 Å². The third-order valence-corrected chi connectivity index (χ3v) is 7.89. The molecule has 180 valence electrons. The second kappa shape index (κ2) is 8.83. The predicted octanol–water partition coefficient (Wildman–Crippen LogP) is 4.63. The average Bonchev–Trinajstić information content (AvgIpc) is 3.56. The summed E-state index contributed by atoms with van der Waals surface area (Å²) in [5.41, 5.74) is 4.44. The quantitative estimate of drug-likeness (QED) is 0.354. The van der Waals surface area contributed by atoms with Crippen molar-refractivity contribution in [1.29, 1.82) is 5.41 Å². The van der Waals surface area contributed by atoms with Gasteiger partial charge in [0.05, 0.1) is 15.9 Å². The maximum atomic E-state index is 13.7. The Bertz CT molecular complexity index is 1680. The van der Waals surface area contributed by atoms with E-state index in [9.17, 15) is 9.59 Å². The number of thiophene rings is 1. The summed E-state index contributed by atoms with van der Waals surface area (Å²) in [5, 5.41) is 18.0. The molecule has 1 aliphatic rings. The summed E-state index contributed by atoms with van der Waals surface area (Å²) in [4.78, 5) is 32.1. The lowest BCUT2D eigenvalue weighted by Gasteiger charge is -2.33. The van der Waals surface area contributed by atoms with Gasteiger partial charge in [-0.15, -0.1) is 21.5 Å². The van der Waals surface area contributed by atoms with Crippen molar-refractivity contribution in [3.63, 3.8) is 0 Å². The molecule has 36 heavy (non-hydrogen) atoms. The molecule has 1 saturated heterocycles. The van der Waals surface area contributed by atoms with Gasteiger partial charge in [-0.05, 0) is 54.5 Å². The van der Waals surface area contributed by atoms with E-state index in [0.29, 0.717) is 40.4 Å². The summed E-state index contributed by atoms with van der Waals surface area (Å²) in [6.45, 7) is 3.31. The molecular weight excluding hydrogens is 472 g/mol. The Kier molecular flexibility index (Phi) is 5.49. The predicted molar refractivity (Wildman–Crippen MR) is 141 cm³/mol. The number of piperidine rings is 1. The topological polar surface area (TPSA) is 107 Å². The number of nitrogens with one attached hydrogen (secondary N) is 2. The van der Waals surface area contributed by atoms with Crippen LogP contribution in [0.15, 0.2) is 58.7 Å². The van der Waals surface area contributed by atoms with E-state index >= 15 is 0 Å². The van der Waals surface area contributed by atoms with E-state index in [4.69, 9.17) is 5.41 Å². The molecule has 0 aliphatic carbocycles. The zero-order valence-electron chi connectivity index (χ0n) is 19.7. The molecule has 1 fully saturated rings. The highest BCUT2D eigenvalue weighted by Gasteiger charge is 2.27. The number of likely N-dealkylation sites (tertiary alicyclic amines) is 1. The molecule has 1 aliphatic heterocycles. The summed E-state index contributed by atoms with van der Waals surface area (Å²) in [6.07, 6.45) is 3.29. The zero-order chi connectivity index (χ0) is 24.8. The average molecular weight is 497 g/mol. The van der Waals surface area contributed by atoms with Gasteiger partial charge < -0.3 is 15.3 Å². The summed E-state index contributed by atoms with van der Waals surface area (Å²) in [7, 11) is 0. The summed E-state index contributed by atoms with van der Waals surface area (Å²) in [5.74, 6) is 0.802. The monoisotopic (exact) mass is 496 g/mol. The molecule has 1 unspecified atom stereocenters. The highest BCUT2D eigenvalue weighted by molar-refractivity contribution is 7.13. The van der Waals surface area contributed by atoms with Crippen LogP contribution in [0.2, 0.25) is 0 Å². The van der Waals surface area contributed by atoms with Crippen LogP contribution in [0.25, 0.3) is 27.4 Å². The van der Waals surface area contributed by atoms with Crippen LogP contribution in [0, 0.1) is 12.3 Å². The standard InChI is InChI=1S/C27H24N6O2S/c1-16-12-22-21(29-26(34)25-31-30-24(33(22)25)23-18(14-28)9-11-36-23)13-20(16)27(35)32-10-5-8-19(15-32)17-6-3-2-4-7-17/h2-4,6-7,9,11-14,19,28H,5,8,10,15H2,1H3,(H,29,34). The van der Waals surface area contributed by atoms with Gasteiger partial charge in [0, 0.05) is 36.3 Å². The number of carbonyl (C=O) groups is 1. The lowest BCUT2D eigenvalue weighted by atomic mass is 9.90. The summed E-state index contributed by atoms with van der Waals surface area (Å²) < 4.78 is 1.72. The number of hydrogen-bond donors (Lipinski definition) is 2. The molecule has 1 amide bonds. The number of benzene rings is 2. The van der Waals surface area contributed by atoms with Crippen LogP contribution in [0.1, 0.15) is 45.8 Å². The van der Waals surface area contributed by atoms with Gasteiger partial charge in [0.15, 0.2) is 5.82 Å². The number of fused-ring (bicyclic) bond motifs is 3. The highest BCUT2D eigenvalue weighted by Crippen LogP contribution is 2.31. The van der Waals surface area contributed by atoms with Crippen molar-refractivity contribution in [3.05, 3.63) is 86.5 Å². The number of aromatic amines is 1. The van der Waals surface area contributed by atoms with E-state index < -0.39 is 0 Å². The molecule has 5 aromatic rings. The van der Waals surface area contributed by atoms with Crippen molar-refractivity contribution in [3.8, 4) is 10.7 Å². The molecule has 0 saturated carbocycles. The maximum absolute atomic E-state index is 13.7. The number of aryl methyl sites for hydroxylation is 1. The van der Waals surface area contributed by atoms with Crippen LogP contribution in [-0.4, -0.2) is 49.7 Å². The first kappa shape index (κ1) is 22.4. The largest absolute Gasteiger partial charge is 0.338 e. The van der Waals surface area contributed by atoms with Gasteiger partial charge >= 0.3 is 0 Å². The number of aromatic nitrogens is 4. The molecule has 4 heterocycles. The maximum Gasteiger partial charge on any atom is 0.294 e. The van der Waals surface area contributed by atoms with Gasteiger partial charge in [-0.3, -0.25) is 14.0 Å². The third kappa shape index (κ3) is 3.63. The fourth-order valence-electron chi connectivity index (χ4n) is 5.14. The van der Waals surface area contributed by atoms with Gasteiger partial charge in [0.2, 0.25) is 5.65 Å². The highest BCUT2D eigenvalue weighted by atomic mass is 32.1. The van der Waals surface area contributed by atoms with Crippen LogP contribution < -0.4 is 5.56 Å². The number of carbonyl (C=O) groups excluding carboxylic acids is 1. The van der Waals surface area contributed by atoms with Gasteiger partial charge in [-0.1, -0.05) is 30.3 Å². The Morgan fingerprint density at radius 2 is 2.03 bits per heavy atom. The van der Waals surface area contributed by atoms with Gasteiger partial charge in [-0.25, -0.2) is 0 Å². The molecule has 6 rings (SSSR count). The molecular formula is C27H24N6O2S. The zero-order valence-corrected chi connectivity index (χ0v) is 20.5. The van der Waals surface area contributed by atoms with Crippen LogP contribution in [0.3, 0.4) is 0 Å². The fourth-order valence-corrected chi connectivity index (χ4v) is 5.99. The minimum atomic E-state index is -0.376.